The number of likely N-dealkylation sites (N-methyl/N-ethyl adjacent to an activating group) is 1. The Bertz CT molecular complexity index is 1410. The van der Waals surface area contributed by atoms with Gasteiger partial charge in [-0.2, -0.15) is 8.42 Å². The van der Waals surface area contributed by atoms with E-state index in [0.29, 0.717) is 16.9 Å². The monoisotopic (exact) mass is 545 g/mol. The fourth-order valence-electron chi connectivity index (χ4n) is 4.04. The number of amides is 1. The van der Waals surface area contributed by atoms with Gasteiger partial charge in [0.1, 0.15) is 17.3 Å². The zero-order valence-corrected chi connectivity index (χ0v) is 22.2. The quantitative estimate of drug-likeness (QED) is 0.410. The van der Waals surface area contributed by atoms with E-state index in [4.69, 9.17) is 19.4 Å². The van der Waals surface area contributed by atoms with Crippen LogP contribution in [0.3, 0.4) is 0 Å². The Kier molecular flexibility index (Phi) is 8.47. The molecule has 0 spiro atoms. The third kappa shape index (κ3) is 5.56. The highest BCUT2D eigenvalue weighted by molar-refractivity contribution is 7.87. The van der Waals surface area contributed by atoms with E-state index in [0.717, 1.165) is 11.1 Å². The summed E-state index contributed by atoms with van der Waals surface area (Å²) >= 11 is 0. The van der Waals surface area contributed by atoms with E-state index in [1.807, 2.05) is 48.5 Å². The Morgan fingerprint density at radius 3 is 2.16 bits per heavy atom. The normalized spacial score (nSPS) is 17.2. The van der Waals surface area contributed by atoms with Crippen molar-refractivity contribution in [3.8, 4) is 22.6 Å². The summed E-state index contributed by atoms with van der Waals surface area (Å²) < 4.78 is 39.6. The molecule has 9 nitrogen and oxygen atoms in total. The molecule has 0 saturated carbocycles. The molecule has 2 N–H and O–H groups in total. The highest BCUT2D eigenvalue weighted by Crippen LogP contribution is 2.41. The molecule has 1 aliphatic rings. The van der Waals surface area contributed by atoms with Crippen molar-refractivity contribution in [2.75, 3.05) is 33.6 Å². The van der Waals surface area contributed by atoms with E-state index in [-0.39, 0.29) is 42.4 Å². The van der Waals surface area contributed by atoms with Gasteiger partial charge in [0, 0.05) is 14.2 Å². The number of carbonyl (C=O) groups is 1. The maximum absolute atomic E-state index is 13.6. The van der Waals surface area contributed by atoms with Crippen molar-refractivity contribution in [2.24, 2.45) is 10.7 Å². The molecule has 11 heteroatoms. The number of halogens is 1. The van der Waals surface area contributed by atoms with Gasteiger partial charge in [-0.15, -0.1) is 12.4 Å². The van der Waals surface area contributed by atoms with Crippen LogP contribution in [0.15, 0.2) is 77.8 Å². The van der Waals surface area contributed by atoms with E-state index in [1.54, 1.807) is 26.3 Å². The second-order valence-corrected chi connectivity index (χ2v) is 9.91. The molecule has 3 aromatic carbocycles. The topological polar surface area (TPSA) is 121 Å². The lowest BCUT2D eigenvalue weighted by molar-refractivity contribution is -0.129. The van der Waals surface area contributed by atoms with Crippen LogP contribution in [0.4, 0.5) is 0 Å². The zero-order chi connectivity index (χ0) is 25.9. The highest BCUT2D eigenvalue weighted by atomic mass is 35.5. The second kappa shape index (κ2) is 11.2. The molecule has 3 aromatic rings. The minimum Gasteiger partial charge on any atom is -0.497 e. The lowest BCUT2D eigenvalue weighted by Crippen LogP contribution is -2.41. The molecule has 196 valence electrons. The van der Waals surface area contributed by atoms with E-state index in [9.17, 15) is 13.2 Å². The number of hydrogen-bond donors (Lipinski definition) is 1. The molecular weight excluding hydrogens is 518 g/mol. The van der Waals surface area contributed by atoms with E-state index >= 15 is 0 Å². The van der Waals surface area contributed by atoms with Gasteiger partial charge in [-0.05, 0) is 52.6 Å². The number of aliphatic imine (C=N–C) groups is 1. The smallest absolute Gasteiger partial charge is 0.311 e. The van der Waals surface area contributed by atoms with Crippen LogP contribution in [0.5, 0.6) is 11.5 Å². The van der Waals surface area contributed by atoms with Crippen LogP contribution in [0.1, 0.15) is 11.1 Å². The number of rotatable bonds is 9. The first-order chi connectivity index (χ1) is 17.2. The minimum atomic E-state index is -3.82. The van der Waals surface area contributed by atoms with E-state index < -0.39 is 15.7 Å². The first-order valence-corrected chi connectivity index (χ1v) is 12.7. The van der Waals surface area contributed by atoms with Crippen molar-refractivity contribution in [1.29, 1.82) is 0 Å². The lowest BCUT2D eigenvalue weighted by atomic mass is 9.81. The summed E-state index contributed by atoms with van der Waals surface area (Å²) in [5, 5.41) is 0. The standard InChI is InChI=1S/C26H27N3O6S.ClH/c1-29-24(30)26(28-25(29)27,20-10-12-22(13-11-20)35-36(31,32)15-14-33-2)21-8-4-6-18(16-21)19-7-5-9-23(17-19)34-3;/h4-13,16-17H,14-15H2,1-3H3,(H2,27,28);1H. The number of ether oxygens (including phenoxy) is 2. The number of nitrogens with two attached hydrogens (primary N) is 1. The van der Waals surface area contributed by atoms with Gasteiger partial charge in [0.2, 0.25) is 0 Å². The second-order valence-electron chi connectivity index (χ2n) is 8.22. The summed E-state index contributed by atoms with van der Waals surface area (Å²) in [6, 6.07) is 21.3. The summed E-state index contributed by atoms with van der Waals surface area (Å²) in [5.41, 5.74) is 7.55. The number of guanidine groups is 1. The summed E-state index contributed by atoms with van der Waals surface area (Å²) in [7, 11) is 0.754. The summed E-state index contributed by atoms with van der Waals surface area (Å²) in [6.07, 6.45) is 0. The van der Waals surface area contributed by atoms with Crippen LogP contribution in [0.25, 0.3) is 11.1 Å². The molecule has 1 amide bonds. The number of nitrogens with zero attached hydrogens (tertiary/aromatic N) is 2. The van der Waals surface area contributed by atoms with Crippen LogP contribution >= 0.6 is 12.4 Å². The molecular formula is C26H28ClN3O6S. The molecule has 0 bridgehead atoms. The fraction of sp³-hybridized carbons (Fsp3) is 0.231. The fourth-order valence-corrected chi connectivity index (χ4v) is 4.89. The Morgan fingerprint density at radius 2 is 1.57 bits per heavy atom. The van der Waals surface area contributed by atoms with Gasteiger partial charge < -0.3 is 19.4 Å². The maximum Gasteiger partial charge on any atom is 0.311 e. The van der Waals surface area contributed by atoms with Gasteiger partial charge in [-0.25, -0.2) is 4.99 Å². The maximum atomic E-state index is 13.6. The van der Waals surface area contributed by atoms with Gasteiger partial charge in [0.05, 0.1) is 13.7 Å². The van der Waals surface area contributed by atoms with Gasteiger partial charge >= 0.3 is 10.1 Å². The number of carbonyl (C=O) groups excluding carboxylic acids is 1. The Balaban J connectivity index is 0.00000380. The van der Waals surface area contributed by atoms with Gasteiger partial charge in [0.15, 0.2) is 11.5 Å². The molecule has 0 aliphatic carbocycles. The lowest BCUT2D eigenvalue weighted by Gasteiger charge is -2.26. The third-order valence-corrected chi connectivity index (χ3v) is 7.07. The molecule has 0 aromatic heterocycles. The van der Waals surface area contributed by atoms with Crippen molar-refractivity contribution in [1.82, 2.24) is 4.90 Å². The minimum absolute atomic E-state index is 0. The Hall–Kier alpha value is -3.60. The van der Waals surface area contributed by atoms with Crippen molar-refractivity contribution in [3.63, 3.8) is 0 Å². The number of hydrogen-bond acceptors (Lipinski definition) is 8. The van der Waals surface area contributed by atoms with Crippen molar-refractivity contribution in [3.05, 3.63) is 83.9 Å². The van der Waals surface area contributed by atoms with Crippen molar-refractivity contribution in [2.45, 2.75) is 5.54 Å². The first-order valence-electron chi connectivity index (χ1n) is 11.1. The summed E-state index contributed by atoms with van der Waals surface area (Å²) in [4.78, 5) is 19.5. The Labute approximate surface area is 222 Å². The molecule has 0 fully saturated rings. The third-order valence-electron chi connectivity index (χ3n) is 5.96. The van der Waals surface area contributed by atoms with E-state index in [1.165, 1.54) is 24.1 Å². The van der Waals surface area contributed by atoms with Crippen LogP contribution in [0.2, 0.25) is 0 Å². The molecule has 1 atom stereocenters. The largest absolute Gasteiger partial charge is 0.497 e. The number of methoxy groups -OCH3 is 2. The Morgan fingerprint density at radius 1 is 0.919 bits per heavy atom. The zero-order valence-electron chi connectivity index (χ0n) is 20.6. The highest BCUT2D eigenvalue weighted by Gasteiger charge is 2.49. The number of benzene rings is 3. The van der Waals surface area contributed by atoms with Crippen LogP contribution in [0, 0.1) is 0 Å². The van der Waals surface area contributed by atoms with Gasteiger partial charge in [-0.1, -0.05) is 42.5 Å². The van der Waals surface area contributed by atoms with Crippen LogP contribution in [-0.4, -0.2) is 58.8 Å². The predicted molar refractivity (Wildman–Crippen MR) is 144 cm³/mol. The first kappa shape index (κ1) is 28.0. The van der Waals surface area contributed by atoms with Crippen molar-refractivity contribution >= 4 is 34.4 Å². The molecule has 37 heavy (non-hydrogen) atoms. The summed E-state index contributed by atoms with van der Waals surface area (Å²) in [6.45, 7) is 0.0159. The molecule has 1 heterocycles. The SMILES string of the molecule is COCCS(=O)(=O)Oc1ccc(C2(c3cccc(-c4cccc(OC)c4)c3)N=C(N)N(C)C2=O)cc1.Cl. The average molecular weight is 546 g/mol. The molecule has 0 saturated heterocycles. The van der Waals surface area contributed by atoms with Crippen molar-refractivity contribution < 1.29 is 26.9 Å². The van der Waals surface area contributed by atoms with Gasteiger partial charge in [0.25, 0.3) is 5.91 Å². The van der Waals surface area contributed by atoms with E-state index in [2.05, 4.69) is 4.99 Å². The van der Waals surface area contributed by atoms with Gasteiger partial charge in [-0.3, -0.25) is 9.69 Å². The van der Waals surface area contributed by atoms with Crippen LogP contribution in [-0.2, 0) is 25.2 Å². The average Bonchev–Trinajstić information content (AvgIpc) is 3.12. The predicted octanol–water partition coefficient (Wildman–Crippen LogP) is 3.17. The summed E-state index contributed by atoms with van der Waals surface area (Å²) in [5.74, 6) is 0.294. The molecule has 0 radical (unpaired) electrons. The molecule has 1 aliphatic heterocycles. The molecule has 4 rings (SSSR count). The molecule has 1 unspecified atom stereocenters. The van der Waals surface area contributed by atoms with Crippen LogP contribution < -0.4 is 14.7 Å².